The second-order valence-corrected chi connectivity index (χ2v) is 8.27. The largest absolute Gasteiger partial charge is 0.593 e. The maximum absolute atomic E-state index is 11.7. The maximum Gasteiger partial charge on any atom is 0.229 e. The van der Waals surface area contributed by atoms with Crippen LogP contribution in [0.5, 0.6) is 0 Å². The van der Waals surface area contributed by atoms with Crippen LogP contribution in [0, 0.1) is 9.49 Å². The van der Waals surface area contributed by atoms with Gasteiger partial charge in [-0.15, -0.1) is 4.72 Å². The van der Waals surface area contributed by atoms with E-state index in [0.29, 0.717) is 16.7 Å². The summed E-state index contributed by atoms with van der Waals surface area (Å²) >= 11 is 0.951. The number of nitrogens with one attached hydrogen (secondary N) is 3. The number of hydrogen-bond acceptors (Lipinski definition) is 7. The van der Waals surface area contributed by atoms with Crippen molar-refractivity contribution in [2.75, 3.05) is 24.3 Å². The number of halogens is 1. The van der Waals surface area contributed by atoms with Gasteiger partial charge in [0.25, 0.3) is 0 Å². The number of hydrogen-bond donors (Lipinski definition) is 4. The molecule has 0 aliphatic carbocycles. The van der Waals surface area contributed by atoms with Crippen LogP contribution in [0.3, 0.4) is 0 Å². The van der Waals surface area contributed by atoms with E-state index in [1.165, 1.54) is 0 Å². The molecule has 1 aromatic heterocycles. The zero-order chi connectivity index (χ0) is 18.4. The van der Waals surface area contributed by atoms with Crippen LogP contribution in [0.1, 0.15) is 13.8 Å². The molecular formula is C16H22IN5O2S. The molecule has 0 saturated carbocycles. The Balaban J connectivity index is 2.13. The van der Waals surface area contributed by atoms with Gasteiger partial charge in [-0.1, -0.05) is 13.8 Å². The van der Waals surface area contributed by atoms with Crippen molar-refractivity contribution in [2.24, 2.45) is 5.92 Å². The SMILES string of the molecule is CN[S@+]([O-])c1ccc(Nc2ncc(I)c(N[C@@H](CO)C(C)C)n2)cc1. The van der Waals surface area contributed by atoms with E-state index < -0.39 is 11.4 Å². The first kappa shape index (κ1) is 20.2. The van der Waals surface area contributed by atoms with Crippen LogP contribution in [-0.4, -0.2) is 39.3 Å². The molecule has 0 radical (unpaired) electrons. The molecule has 9 heteroatoms. The molecule has 0 unspecified atom stereocenters. The molecule has 2 aromatic rings. The summed E-state index contributed by atoms with van der Waals surface area (Å²) in [7, 11) is 1.65. The molecule has 1 aromatic carbocycles. The number of rotatable bonds is 8. The number of benzene rings is 1. The van der Waals surface area contributed by atoms with E-state index in [0.717, 1.165) is 9.26 Å². The molecule has 1 heterocycles. The lowest BCUT2D eigenvalue weighted by atomic mass is 10.1. The Kier molecular flexibility index (Phi) is 7.69. The quantitative estimate of drug-likeness (QED) is 0.344. The van der Waals surface area contributed by atoms with Gasteiger partial charge in [-0.05, 0) is 52.8 Å². The Labute approximate surface area is 164 Å². The number of aromatic nitrogens is 2. The lowest BCUT2D eigenvalue weighted by molar-refractivity contribution is 0.249. The molecule has 136 valence electrons. The number of aliphatic hydroxyl groups excluding tert-OH is 1. The molecule has 0 fully saturated rings. The summed E-state index contributed by atoms with van der Waals surface area (Å²) in [5.74, 6) is 1.40. The second kappa shape index (κ2) is 9.53. The molecule has 7 nitrogen and oxygen atoms in total. The van der Waals surface area contributed by atoms with E-state index in [-0.39, 0.29) is 18.6 Å². The predicted molar refractivity (Wildman–Crippen MR) is 109 cm³/mol. The standard InChI is InChI=1S/C16H22IN5O2S/c1-10(2)14(9-23)21-15-13(17)8-19-16(22-15)20-11-4-6-12(7-5-11)25(24)18-3/h4-8,10,14,18,23H,9H2,1-3H3,(H2,19,20,21,22)/t14-,25+/m0/s1. The van der Waals surface area contributed by atoms with Crippen LogP contribution in [0.2, 0.25) is 0 Å². The Morgan fingerprint density at radius 2 is 1.96 bits per heavy atom. The summed E-state index contributed by atoms with van der Waals surface area (Å²) in [5, 5.41) is 15.9. The van der Waals surface area contributed by atoms with E-state index in [4.69, 9.17) is 0 Å². The van der Waals surface area contributed by atoms with E-state index in [9.17, 15) is 9.66 Å². The highest BCUT2D eigenvalue weighted by molar-refractivity contribution is 14.1. The second-order valence-electron chi connectivity index (χ2n) is 5.69. The predicted octanol–water partition coefficient (Wildman–Crippen LogP) is 2.50. The van der Waals surface area contributed by atoms with Gasteiger partial charge in [0.05, 0.1) is 27.6 Å². The molecule has 0 saturated heterocycles. The zero-order valence-corrected chi connectivity index (χ0v) is 17.3. The highest BCUT2D eigenvalue weighted by Crippen LogP contribution is 2.21. The molecule has 2 rings (SSSR count). The Bertz CT molecular complexity index is 687. The first-order valence-electron chi connectivity index (χ1n) is 7.80. The Morgan fingerprint density at radius 3 is 2.52 bits per heavy atom. The Hall–Kier alpha value is -1.14. The first-order valence-corrected chi connectivity index (χ1v) is 10.0. The third kappa shape index (κ3) is 5.68. The summed E-state index contributed by atoms with van der Waals surface area (Å²) in [6.45, 7) is 4.11. The monoisotopic (exact) mass is 475 g/mol. The third-order valence-electron chi connectivity index (χ3n) is 3.58. The van der Waals surface area contributed by atoms with Crippen molar-refractivity contribution < 1.29 is 9.66 Å². The van der Waals surface area contributed by atoms with Crippen LogP contribution >= 0.6 is 22.6 Å². The zero-order valence-electron chi connectivity index (χ0n) is 14.3. The summed E-state index contributed by atoms with van der Waals surface area (Å²) in [5.41, 5.74) is 0.798. The fourth-order valence-corrected chi connectivity index (χ4v) is 3.07. The maximum atomic E-state index is 11.7. The minimum absolute atomic E-state index is 0.0323. The molecule has 0 aliphatic heterocycles. The van der Waals surface area contributed by atoms with Crippen LogP contribution in [0.15, 0.2) is 35.4 Å². The average molecular weight is 475 g/mol. The highest BCUT2D eigenvalue weighted by atomic mass is 127. The van der Waals surface area contributed by atoms with Crippen LogP contribution in [-0.2, 0) is 11.4 Å². The minimum Gasteiger partial charge on any atom is -0.593 e. The van der Waals surface area contributed by atoms with Gasteiger partial charge in [-0.2, -0.15) is 4.98 Å². The molecule has 25 heavy (non-hydrogen) atoms. The number of anilines is 3. The van der Waals surface area contributed by atoms with Crippen LogP contribution in [0.25, 0.3) is 0 Å². The third-order valence-corrected chi connectivity index (χ3v) is 5.44. The molecule has 0 aliphatic rings. The van der Waals surface area contributed by atoms with Gasteiger partial charge < -0.3 is 20.3 Å². The van der Waals surface area contributed by atoms with E-state index in [1.807, 2.05) is 26.0 Å². The molecule has 2 atom stereocenters. The molecule has 0 amide bonds. The lowest BCUT2D eigenvalue weighted by Gasteiger charge is -2.21. The van der Waals surface area contributed by atoms with Gasteiger partial charge in [-0.3, -0.25) is 0 Å². The van der Waals surface area contributed by atoms with Crippen molar-refractivity contribution in [1.82, 2.24) is 14.7 Å². The van der Waals surface area contributed by atoms with Gasteiger partial charge >= 0.3 is 0 Å². The van der Waals surface area contributed by atoms with Gasteiger partial charge in [0, 0.05) is 18.9 Å². The number of aliphatic hydroxyl groups is 1. The summed E-state index contributed by atoms with van der Waals surface area (Å²) in [4.78, 5) is 9.46. The van der Waals surface area contributed by atoms with Crippen molar-refractivity contribution >= 4 is 51.4 Å². The summed E-state index contributed by atoms with van der Waals surface area (Å²) in [6.07, 6.45) is 1.72. The smallest absolute Gasteiger partial charge is 0.229 e. The fourth-order valence-electron chi connectivity index (χ4n) is 2.04. The minimum atomic E-state index is -1.21. The average Bonchev–Trinajstić information content (AvgIpc) is 2.61. The van der Waals surface area contributed by atoms with Crippen molar-refractivity contribution in [1.29, 1.82) is 0 Å². The molecule has 0 bridgehead atoms. The summed E-state index contributed by atoms with van der Waals surface area (Å²) in [6, 6.07) is 7.13. The molecular weight excluding hydrogens is 453 g/mol. The van der Waals surface area contributed by atoms with Gasteiger partial charge in [-0.25, -0.2) is 4.98 Å². The van der Waals surface area contributed by atoms with Gasteiger partial charge in [0.15, 0.2) is 4.90 Å². The normalized spacial score (nSPS) is 13.6. The van der Waals surface area contributed by atoms with Crippen LogP contribution in [0.4, 0.5) is 17.5 Å². The number of nitrogens with zero attached hydrogens (tertiary/aromatic N) is 2. The van der Waals surface area contributed by atoms with Gasteiger partial charge in [0.1, 0.15) is 5.82 Å². The van der Waals surface area contributed by atoms with Crippen molar-refractivity contribution in [3.05, 3.63) is 34.0 Å². The van der Waals surface area contributed by atoms with Crippen molar-refractivity contribution in [3.8, 4) is 0 Å². The van der Waals surface area contributed by atoms with E-state index in [2.05, 4.69) is 47.9 Å². The fraction of sp³-hybridized carbons (Fsp3) is 0.375. The van der Waals surface area contributed by atoms with E-state index >= 15 is 0 Å². The molecule has 0 spiro atoms. The Morgan fingerprint density at radius 1 is 1.28 bits per heavy atom. The van der Waals surface area contributed by atoms with Crippen molar-refractivity contribution in [2.45, 2.75) is 24.8 Å². The van der Waals surface area contributed by atoms with Gasteiger partial charge in [0.2, 0.25) is 5.95 Å². The topological polar surface area (TPSA) is 105 Å². The van der Waals surface area contributed by atoms with E-state index in [1.54, 1.807) is 25.4 Å². The van der Waals surface area contributed by atoms with Crippen LogP contribution < -0.4 is 15.4 Å². The molecule has 4 N–H and O–H groups in total. The van der Waals surface area contributed by atoms with Crippen molar-refractivity contribution in [3.63, 3.8) is 0 Å². The lowest BCUT2D eigenvalue weighted by Crippen LogP contribution is -2.30. The first-order chi connectivity index (χ1) is 11.9. The summed E-state index contributed by atoms with van der Waals surface area (Å²) < 4.78 is 15.2. The highest BCUT2D eigenvalue weighted by Gasteiger charge is 2.15.